The lowest BCUT2D eigenvalue weighted by Gasteiger charge is -2.34. The molecule has 4 heteroatoms. The number of carbonyl (C=O) groups excluding carboxylic acids is 1. The Kier molecular flexibility index (Phi) is 3.33. The Morgan fingerprint density at radius 2 is 1.88 bits per heavy atom. The van der Waals surface area contributed by atoms with Gasteiger partial charge in [-0.15, -0.1) is 0 Å². The number of nitrogen functional groups attached to an aromatic ring is 1. The second kappa shape index (κ2) is 4.75. The highest BCUT2D eigenvalue weighted by atomic mass is 16.5. The smallest absolute Gasteiger partial charge is 0.251 e. The van der Waals surface area contributed by atoms with Gasteiger partial charge < -0.3 is 15.8 Å². The molecule has 0 spiro atoms. The van der Waals surface area contributed by atoms with Crippen LogP contribution in [0.25, 0.3) is 0 Å². The van der Waals surface area contributed by atoms with Gasteiger partial charge in [0.1, 0.15) is 0 Å². The Hall–Kier alpha value is -1.55. The molecule has 1 aromatic rings. The van der Waals surface area contributed by atoms with Crippen LogP contribution in [0.1, 0.15) is 30.1 Å². The minimum atomic E-state index is -0.156. The van der Waals surface area contributed by atoms with Gasteiger partial charge in [0.25, 0.3) is 5.91 Å². The quantitative estimate of drug-likeness (QED) is 0.763. The minimum Gasteiger partial charge on any atom is -0.399 e. The second-order valence-corrected chi connectivity index (χ2v) is 4.75. The molecule has 0 atom stereocenters. The third kappa shape index (κ3) is 2.97. The summed E-state index contributed by atoms with van der Waals surface area (Å²) in [6.07, 6.45) is 1.71. The van der Waals surface area contributed by atoms with Crippen molar-refractivity contribution < 1.29 is 9.53 Å². The Labute approximate surface area is 101 Å². The van der Waals surface area contributed by atoms with Crippen LogP contribution in [-0.2, 0) is 4.74 Å². The molecule has 1 saturated heterocycles. The van der Waals surface area contributed by atoms with E-state index >= 15 is 0 Å². The molecule has 1 heterocycles. The molecule has 0 unspecified atom stereocenters. The molecule has 3 N–H and O–H groups in total. The molecule has 17 heavy (non-hydrogen) atoms. The molecule has 92 valence electrons. The SMILES string of the molecule is CC1(NC(=O)c2ccc(N)cc2)CCOCC1. The molecule has 1 aromatic carbocycles. The van der Waals surface area contributed by atoms with Gasteiger partial charge in [-0.3, -0.25) is 4.79 Å². The van der Waals surface area contributed by atoms with Crippen LogP contribution < -0.4 is 11.1 Å². The van der Waals surface area contributed by atoms with E-state index in [0.29, 0.717) is 24.5 Å². The van der Waals surface area contributed by atoms with Gasteiger partial charge in [0.15, 0.2) is 0 Å². The normalized spacial score (nSPS) is 18.6. The van der Waals surface area contributed by atoms with E-state index in [0.717, 1.165) is 12.8 Å². The summed E-state index contributed by atoms with van der Waals surface area (Å²) in [5.41, 5.74) is 6.74. The first-order chi connectivity index (χ1) is 8.09. The van der Waals surface area contributed by atoms with Crippen LogP contribution in [0.4, 0.5) is 5.69 Å². The Morgan fingerprint density at radius 1 is 1.29 bits per heavy atom. The Balaban J connectivity index is 2.03. The Bertz CT molecular complexity index is 394. The van der Waals surface area contributed by atoms with Crippen molar-refractivity contribution in [1.29, 1.82) is 0 Å². The monoisotopic (exact) mass is 234 g/mol. The molecule has 1 fully saturated rings. The van der Waals surface area contributed by atoms with E-state index in [1.807, 2.05) is 0 Å². The zero-order valence-corrected chi connectivity index (χ0v) is 10.0. The highest BCUT2D eigenvalue weighted by Gasteiger charge is 2.29. The maximum atomic E-state index is 12.0. The standard InChI is InChI=1S/C13H18N2O2/c1-13(6-8-17-9-7-13)15-12(16)10-2-4-11(14)5-3-10/h2-5H,6-9,14H2,1H3,(H,15,16). The third-order valence-corrected chi connectivity index (χ3v) is 3.18. The highest BCUT2D eigenvalue weighted by molar-refractivity contribution is 5.94. The summed E-state index contributed by atoms with van der Waals surface area (Å²) < 4.78 is 5.30. The minimum absolute atomic E-state index is 0.0469. The maximum absolute atomic E-state index is 12.0. The highest BCUT2D eigenvalue weighted by Crippen LogP contribution is 2.20. The van der Waals surface area contributed by atoms with Crippen LogP contribution in [-0.4, -0.2) is 24.7 Å². The van der Waals surface area contributed by atoms with E-state index in [-0.39, 0.29) is 11.4 Å². The number of nitrogens with two attached hydrogens (primary N) is 1. The first-order valence-corrected chi connectivity index (χ1v) is 5.85. The maximum Gasteiger partial charge on any atom is 0.251 e. The number of nitrogens with one attached hydrogen (secondary N) is 1. The van der Waals surface area contributed by atoms with E-state index in [2.05, 4.69) is 12.2 Å². The molecule has 1 aliphatic rings. The molecule has 0 bridgehead atoms. The number of amides is 1. The average molecular weight is 234 g/mol. The van der Waals surface area contributed by atoms with Crippen LogP contribution in [0, 0.1) is 0 Å². The van der Waals surface area contributed by atoms with E-state index in [4.69, 9.17) is 10.5 Å². The number of carbonyl (C=O) groups is 1. The molecule has 0 saturated carbocycles. The van der Waals surface area contributed by atoms with Crippen molar-refractivity contribution in [3.05, 3.63) is 29.8 Å². The molecular weight excluding hydrogens is 216 g/mol. The molecule has 4 nitrogen and oxygen atoms in total. The fourth-order valence-electron chi connectivity index (χ4n) is 1.93. The molecular formula is C13H18N2O2. The summed E-state index contributed by atoms with van der Waals surface area (Å²) in [6, 6.07) is 6.96. The van der Waals surface area contributed by atoms with Crippen molar-refractivity contribution in [3.8, 4) is 0 Å². The van der Waals surface area contributed by atoms with E-state index in [9.17, 15) is 4.79 Å². The lowest BCUT2D eigenvalue weighted by molar-refractivity contribution is 0.0423. The number of anilines is 1. The van der Waals surface area contributed by atoms with Gasteiger partial charge in [0.05, 0.1) is 0 Å². The summed E-state index contributed by atoms with van der Waals surface area (Å²) in [6.45, 7) is 3.47. The average Bonchev–Trinajstić information content (AvgIpc) is 2.30. The van der Waals surface area contributed by atoms with Crippen molar-refractivity contribution in [3.63, 3.8) is 0 Å². The van der Waals surface area contributed by atoms with Gasteiger partial charge in [0, 0.05) is 30.0 Å². The number of ether oxygens (including phenoxy) is 1. The van der Waals surface area contributed by atoms with E-state index < -0.39 is 0 Å². The summed E-state index contributed by atoms with van der Waals surface area (Å²) in [5.74, 6) is -0.0469. The van der Waals surface area contributed by atoms with Gasteiger partial charge in [-0.05, 0) is 44.0 Å². The van der Waals surface area contributed by atoms with Crippen LogP contribution in [0.2, 0.25) is 0 Å². The summed E-state index contributed by atoms with van der Waals surface area (Å²) in [4.78, 5) is 12.0. The number of rotatable bonds is 2. The fourth-order valence-corrected chi connectivity index (χ4v) is 1.93. The summed E-state index contributed by atoms with van der Waals surface area (Å²) >= 11 is 0. The van der Waals surface area contributed by atoms with Crippen LogP contribution in [0.3, 0.4) is 0 Å². The lowest BCUT2D eigenvalue weighted by Crippen LogP contribution is -2.49. The van der Waals surface area contributed by atoms with Crippen LogP contribution in [0.15, 0.2) is 24.3 Å². The van der Waals surface area contributed by atoms with Crippen LogP contribution in [0.5, 0.6) is 0 Å². The summed E-state index contributed by atoms with van der Waals surface area (Å²) in [7, 11) is 0. The van der Waals surface area contributed by atoms with Crippen molar-refractivity contribution >= 4 is 11.6 Å². The van der Waals surface area contributed by atoms with E-state index in [1.54, 1.807) is 24.3 Å². The predicted octanol–water partition coefficient (Wildman–Crippen LogP) is 1.57. The first kappa shape index (κ1) is 11.9. The van der Waals surface area contributed by atoms with Gasteiger partial charge in [-0.25, -0.2) is 0 Å². The van der Waals surface area contributed by atoms with Crippen molar-refractivity contribution in [2.24, 2.45) is 0 Å². The predicted molar refractivity (Wildman–Crippen MR) is 66.8 cm³/mol. The zero-order chi connectivity index (χ0) is 12.3. The topological polar surface area (TPSA) is 64.4 Å². The molecule has 1 amide bonds. The van der Waals surface area contributed by atoms with Gasteiger partial charge in [0.2, 0.25) is 0 Å². The van der Waals surface area contributed by atoms with Crippen molar-refractivity contribution in [2.75, 3.05) is 18.9 Å². The molecule has 1 aliphatic heterocycles. The first-order valence-electron chi connectivity index (χ1n) is 5.85. The zero-order valence-electron chi connectivity index (χ0n) is 10.0. The third-order valence-electron chi connectivity index (χ3n) is 3.18. The van der Waals surface area contributed by atoms with E-state index in [1.165, 1.54) is 0 Å². The van der Waals surface area contributed by atoms with Crippen LogP contribution >= 0.6 is 0 Å². The van der Waals surface area contributed by atoms with Crippen molar-refractivity contribution in [1.82, 2.24) is 5.32 Å². The number of hydrogen-bond donors (Lipinski definition) is 2. The molecule has 0 aliphatic carbocycles. The second-order valence-electron chi connectivity index (χ2n) is 4.75. The molecule has 0 radical (unpaired) electrons. The lowest BCUT2D eigenvalue weighted by atomic mass is 9.92. The van der Waals surface area contributed by atoms with Crippen molar-refractivity contribution in [2.45, 2.75) is 25.3 Å². The van der Waals surface area contributed by atoms with Gasteiger partial charge in [-0.1, -0.05) is 0 Å². The molecule has 0 aromatic heterocycles. The number of hydrogen-bond acceptors (Lipinski definition) is 3. The molecule has 2 rings (SSSR count). The fraction of sp³-hybridized carbons (Fsp3) is 0.462. The largest absolute Gasteiger partial charge is 0.399 e. The Morgan fingerprint density at radius 3 is 2.47 bits per heavy atom. The van der Waals surface area contributed by atoms with Gasteiger partial charge >= 0.3 is 0 Å². The summed E-state index contributed by atoms with van der Waals surface area (Å²) in [5, 5.41) is 3.07. The number of benzene rings is 1. The van der Waals surface area contributed by atoms with Gasteiger partial charge in [-0.2, -0.15) is 0 Å².